The zero-order chi connectivity index (χ0) is 17.6. The summed E-state index contributed by atoms with van der Waals surface area (Å²) in [7, 11) is 0. The minimum atomic E-state index is -0.266. The number of aryl methyl sites for hydroxylation is 1. The fourth-order valence-corrected chi connectivity index (χ4v) is 3.11. The highest BCUT2D eigenvalue weighted by molar-refractivity contribution is 7.17. The molecule has 2 aromatic heterocycles. The molecule has 1 aromatic carbocycles. The van der Waals surface area contributed by atoms with Gasteiger partial charge in [0.2, 0.25) is 0 Å². The number of thiophene rings is 1. The van der Waals surface area contributed by atoms with Gasteiger partial charge in [0.15, 0.2) is 0 Å². The monoisotopic (exact) mass is 351 g/mol. The Bertz CT molecular complexity index is 947. The maximum Gasteiger partial charge on any atom is 0.259 e. The van der Waals surface area contributed by atoms with Crippen molar-refractivity contribution in [1.82, 2.24) is 20.7 Å². The number of amides is 1. The van der Waals surface area contributed by atoms with Crippen LogP contribution in [-0.2, 0) is 4.79 Å². The average molecular weight is 351 g/mol. The molecule has 0 saturated heterocycles. The number of hydrogen-bond acceptors (Lipinski definition) is 6. The van der Waals surface area contributed by atoms with E-state index in [9.17, 15) is 4.79 Å². The van der Waals surface area contributed by atoms with Gasteiger partial charge >= 0.3 is 0 Å². The van der Waals surface area contributed by atoms with E-state index in [1.54, 1.807) is 29.9 Å². The standard InChI is InChI=1S/C18H17N5OS/c1-12-7-19-9-16(22-12)13(2)20-10-18(24)23-21-8-14-11-25-17-6-4-3-5-15(14)17/h3-9,11,20H,2,10H2,1H3,(H,23,24)/b21-8+. The maximum atomic E-state index is 11.9. The number of aromatic nitrogens is 2. The van der Waals surface area contributed by atoms with Crippen LogP contribution in [-0.4, -0.2) is 28.6 Å². The third kappa shape index (κ3) is 4.27. The van der Waals surface area contributed by atoms with Gasteiger partial charge in [-0.3, -0.25) is 9.78 Å². The van der Waals surface area contributed by atoms with E-state index in [0.29, 0.717) is 11.4 Å². The van der Waals surface area contributed by atoms with E-state index in [4.69, 9.17) is 0 Å². The molecule has 6 nitrogen and oxygen atoms in total. The van der Waals surface area contributed by atoms with Crippen LogP contribution in [0.2, 0.25) is 0 Å². The molecule has 0 spiro atoms. The van der Waals surface area contributed by atoms with Gasteiger partial charge in [-0.1, -0.05) is 24.8 Å². The van der Waals surface area contributed by atoms with Gasteiger partial charge in [0.25, 0.3) is 5.91 Å². The molecule has 0 aliphatic carbocycles. The van der Waals surface area contributed by atoms with Crippen LogP contribution in [0.1, 0.15) is 17.0 Å². The molecule has 2 N–H and O–H groups in total. The lowest BCUT2D eigenvalue weighted by Crippen LogP contribution is -2.30. The number of rotatable bonds is 6. The van der Waals surface area contributed by atoms with Crippen molar-refractivity contribution >= 4 is 39.2 Å². The molecule has 2 heterocycles. The molecule has 126 valence electrons. The molecular weight excluding hydrogens is 334 g/mol. The summed E-state index contributed by atoms with van der Waals surface area (Å²) in [5, 5.41) is 10.1. The predicted octanol–water partition coefficient (Wildman–Crippen LogP) is 2.71. The summed E-state index contributed by atoms with van der Waals surface area (Å²) in [6.07, 6.45) is 4.91. The topological polar surface area (TPSA) is 79.3 Å². The molecular formula is C18H17N5OS. The lowest BCUT2D eigenvalue weighted by molar-refractivity contribution is -0.120. The van der Waals surface area contributed by atoms with Crippen molar-refractivity contribution in [2.45, 2.75) is 6.92 Å². The second-order valence-corrected chi connectivity index (χ2v) is 6.27. The Balaban J connectivity index is 1.52. The van der Waals surface area contributed by atoms with Crippen LogP contribution in [0.25, 0.3) is 15.8 Å². The largest absolute Gasteiger partial charge is 0.375 e. The smallest absolute Gasteiger partial charge is 0.259 e. The van der Waals surface area contributed by atoms with Crippen molar-refractivity contribution in [3.8, 4) is 0 Å². The highest BCUT2D eigenvalue weighted by atomic mass is 32.1. The van der Waals surface area contributed by atoms with Crippen LogP contribution >= 0.6 is 11.3 Å². The molecule has 0 bridgehead atoms. The Kier molecular flexibility index (Phi) is 5.15. The summed E-state index contributed by atoms with van der Waals surface area (Å²) in [5.74, 6) is -0.266. The third-order valence-electron chi connectivity index (χ3n) is 3.43. The molecule has 25 heavy (non-hydrogen) atoms. The van der Waals surface area contributed by atoms with Gasteiger partial charge in [0.05, 0.1) is 30.3 Å². The van der Waals surface area contributed by atoms with Gasteiger partial charge in [0, 0.05) is 27.2 Å². The first-order valence-corrected chi connectivity index (χ1v) is 8.51. The number of hydrogen-bond donors (Lipinski definition) is 2. The maximum absolute atomic E-state index is 11.9. The summed E-state index contributed by atoms with van der Waals surface area (Å²) in [6.45, 7) is 5.76. The number of nitrogens with zero attached hydrogens (tertiary/aromatic N) is 3. The normalized spacial score (nSPS) is 10.9. The first-order chi connectivity index (χ1) is 12.1. The van der Waals surface area contributed by atoms with Crippen LogP contribution in [0.15, 0.2) is 53.7 Å². The zero-order valence-corrected chi connectivity index (χ0v) is 14.5. The van der Waals surface area contributed by atoms with Gasteiger partial charge in [-0.05, 0) is 13.0 Å². The first-order valence-electron chi connectivity index (χ1n) is 7.63. The van der Waals surface area contributed by atoms with E-state index >= 15 is 0 Å². The van der Waals surface area contributed by atoms with Crippen LogP contribution in [0.3, 0.4) is 0 Å². The van der Waals surface area contributed by atoms with E-state index in [1.807, 2.05) is 30.5 Å². The molecule has 0 radical (unpaired) electrons. The molecule has 0 saturated carbocycles. The van der Waals surface area contributed by atoms with Crippen LogP contribution in [0.4, 0.5) is 0 Å². The molecule has 1 amide bonds. The van der Waals surface area contributed by atoms with Gasteiger partial charge in [0.1, 0.15) is 5.69 Å². The third-order valence-corrected chi connectivity index (χ3v) is 4.41. The fraction of sp³-hybridized carbons (Fsp3) is 0.111. The van der Waals surface area contributed by atoms with Gasteiger partial charge < -0.3 is 5.32 Å². The number of benzene rings is 1. The molecule has 3 rings (SSSR count). The zero-order valence-electron chi connectivity index (χ0n) is 13.7. The summed E-state index contributed by atoms with van der Waals surface area (Å²) in [4.78, 5) is 20.2. The molecule has 0 unspecified atom stereocenters. The lowest BCUT2D eigenvalue weighted by atomic mass is 10.2. The Labute approximate surface area is 149 Å². The van der Waals surface area contributed by atoms with E-state index in [-0.39, 0.29) is 12.5 Å². The van der Waals surface area contributed by atoms with Crippen molar-refractivity contribution in [1.29, 1.82) is 0 Å². The Morgan fingerprint density at radius 3 is 3.04 bits per heavy atom. The minimum absolute atomic E-state index is 0.0518. The first kappa shape index (κ1) is 16.8. The Hall–Kier alpha value is -3.06. The number of carbonyl (C=O) groups excluding carboxylic acids is 1. The summed E-state index contributed by atoms with van der Waals surface area (Å²) in [6, 6.07) is 8.07. The number of carbonyl (C=O) groups is 1. The van der Waals surface area contributed by atoms with Crippen molar-refractivity contribution in [3.63, 3.8) is 0 Å². The van der Waals surface area contributed by atoms with E-state index < -0.39 is 0 Å². The second-order valence-electron chi connectivity index (χ2n) is 5.36. The van der Waals surface area contributed by atoms with E-state index in [1.165, 1.54) is 4.70 Å². The van der Waals surface area contributed by atoms with Crippen LogP contribution in [0, 0.1) is 6.92 Å². The van der Waals surface area contributed by atoms with E-state index in [2.05, 4.69) is 38.5 Å². The van der Waals surface area contributed by atoms with Crippen LogP contribution in [0.5, 0.6) is 0 Å². The summed E-state index contributed by atoms with van der Waals surface area (Å²) < 4.78 is 1.19. The van der Waals surface area contributed by atoms with Crippen LogP contribution < -0.4 is 10.7 Å². The van der Waals surface area contributed by atoms with E-state index in [0.717, 1.165) is 16.6 Å². The Morgan fingerprint density at radius 2 is 2.20 bits per heavy atom. The molecule has 3 aromatic rings. The summed E-state index contributed by atoms with van der Waals surface area (Å²) >= 11 is 1.64. The molecule has 0 aliphatic rings. The van der Waals surface area contributed by atoms with Crippen molar-refractivity contribution in [3.05, 3.63) is 65.6 Å². The van der Waals surface area contributed by atoms with Gasteiger partial charge in [-0.25, -0.2) is 10.4 Å². The highest BCUT2D eigenvalue weighted by Crippen LogP contribution is 2.23. The molecule has 0 aliphatic heterocycles. The minimum Gasteiger partial charge on any atom is -0.375 e. The number of fused-ring (bicyclic) bond motifs is 1. The Morgan fingerprint density at radius 1 is 1.36 bits per heavy atom. The second kappa shape index (κ2) is 7.67. The quantitative estimate of drug-likeness (QED) is 0.529. The van der Waals surface area contributed by atoms with Crippen molar-refractivity contribution in [2.75, 3.05) is 6.54 Å². The predicted molar refractivity (Wildman–Crippen MR) is 101 cm³/mol. The number of nitrogens with one attached hydrogen (secondary N) is 2. The lowest BCUT2D eigenvalue weighted by Gasteiger charge is -2.08. The number of hydrazone groups is 1. The summed E-state index contributed by atoms with van der Waals surface area (Å²) in [5.41, 5.74) is 5.42. The molecule has 0 fully saturated rings. The highest BCUT2D eigenvalue weighted by Gasteiger charge is 2.05. The van der Waals surface area contributed by atoms with Gasteiger partial charge in [-0.2, -0.15) is 5.10 Å². The van der Waals surface area contributed by atoms with Crippen molar-refractivity contribution < 1.29 is 4.79 Å². The van der Waals surface area contributed by atoms with Gasteiger partial charge in [-0.15, -0.1) is 11.3 Å². The van der Waals surface area contributed by atoms with Crippen molar-refractivity contribution in [2.24, 2.45) is 5.10 Å². The SMILES string of the molecule is C=C(NCC(=O)N/N=C/c1csc2ccccc12)c1cncc(C)n1. The molecule has 0 atom stereocenters. The average Bonchev–Trinajstić information content (AvgIpc) is 3.03. The fourth-order valence-electron chi connectivity index (χ4n) is 2.20. The molecule has 7 heteroatoms.